The summed E-state index contributed by atoms with van der Waals surface area (Å²) in [5.41, 5.74) is 2.70. The van der Waals surface area contributed by atoms with Gasteiger partial charge in [0.2, 0.25) is 0 Å². The van der Waals surface area contributed by atoms with Crippen molar-refractivity contribution in [2.45, 2.75) is 13.3 Å². The van der Waals surface area contributed by atoms with E-state index in [4.69, 9.17) is 5.41 Å². The normalized spacial score (nSPS) is 11.7. The minimum absolute atomic E-state index is 0.329. The molecule has 0 saturated carbocycles. The first kappa shape index (κ1) is 13.4. The molecule has 1 heterocycles. The van der Waals surface area contributed by atoms with Crippen molar-refractivity contribution < 1.29 is 9.53 Å². The second-order valence-corrected chi connectivity index (χ2v) is 4.25. The predicted molar refractivity (Wildman–Crippen MR) is 70.7 cm³/mol. The zero-order valence-electron chi connectivity index (χ0n) is 10.2. The zero-order valence-corrected chi connectivity index (χ0v) is 11.0. The molecule has 1 aromatic heterocycles. The Morgan fingerprint density at radius 3 is 2.82 bits per heavy atom. The van der Waals surface area contributed by atoms with Crippen molar-refractivity contribution in [1.29, 1.82) is 5.41 Å². The number of allylic oxidation sites excluding steroid dienone is 1. The van der Waals surface area contributed by atoms with E-state index >= 15 is 0 Å². The van der Waals surface area contributed by atoms with Crippen molar-refractivity contribution in [2.75, 3.05) is 14.2 Å². The van der Waals surface area contributed by atoms with Gasteiger partial charge in [-0.25, -0.2) is 4.79 Å². The Labute approximate surface area is 105 Å². The number of carbonyl (C=O) groups is 1. The van der Waals surface area contributed by atoms with E-state index in [1.807, 2.05) is 19.4 Å². The van der Waals surface area contributed by atoms with Crippen LogP contribution in [0.3, 0.4) is 0 Å². The van der Waals surface area contributed by atoms with E-state index in [0.29, 0.717) is 4.88 Å². The number of hydrogen-bond donors (Lipinski definition) is 2. The third-order valence-electron chi connectivity index (χ3n) is 2.40. The first-order valence-electron chi connectivity index (χ1n) is 5.26. The summed E-state index contributed by atoms with van der Waals surface area (Å²) < 4.78 is 4.67. The number of hydrogen-bond acceptors (Lipinski definition) is 5. The lowest BCUT2D eigenvalue weighted by atomic mass is 10.1. The van der Waals surface area contributed by atoms with Gasteiger partial charge in [-0.1, -0.05) is 6.92 Å². The van der Waals surface area contributed by atoms with Gasteiger partial charge in [0, 0.05) is 29.9 Å². The topological polar surface area (TPSA) is 62.2 Å². The summed E-state index contributed by atoms with van der Waals surface area (Å²) in [6.45, 7) is 1.99. The molecule has 0 aliphatic rings. The van der Waals surface area contributed by atoms with E-state index in [2.05, 4.69) is 10.1 Å². The number of rotatable bonds is 5. The number of ether oxygens (including phenoxy) is 1. The lowest BCUT2D eigenvalue weighted by Crippen LogP contribution is -2.08. The lowest BCUT2D eigenvalue weighted by molar-refractivity contribution is 0.0606. The maximum Gasteiger partial charge on any atom is 0.348 e. The van der Waals surface area contributed by atoms with E-state index < -0.39 is 0 Å². The third-order valence-corrected chi connectivity index (χ3v) is 3.31. The highest BCUT2D eigenvalue weighted by molar-refractivity contribution is 7.12. The summed E-state index contributed by atoms with van der Waals surface area (Å²) in [5, 5.41) is 12.3. The van der Waals surface area contributed by atoms with Crippen molar-refractivity contribution in [1.82, 2.24) is 5.32 Å². The van der Waals surface area contributed by atoms with E-state index in [1.54, 1.807) is 6.07 Å². The molecule has 0 fully saturated rings. The standard InChI is InChI=1S/C12H16N2O2S/c1-4-8(6-13)11(14-2)9-5-10(17-7-9)12(15)16-3/h5-7,13-14H,4H2,1-3H3/b11-8-,13-6?. The summed E-state index contributed by atoms with van der Waals surface area (Å²) in [6.07, 6.45) is 2.10. The second-order valence-electron chi connectivity index (χ2n) is 3.34. The molecule has 0 saturated heterocycles. The summed E-state index contributed by atoms with van der Waals surface area (Å²) in [7, 11) is 3.18. The maximum atomic E-state index is 11.4. The summed E-state index contributed by atoms with van der Waals surface area (Å²) in [5.74, 6) is -0.329. The van der Waals surface area contributed by atoms with E-state index in [1.165, 1.54) is 24.7 Å². The third kappa shape index (κ3) is 2.94. The van der Waals surface area contributed by atoms with Crippen LogP contribution < -0.4 is 5.32 Å². The average Bonchev–Trinajstić information content (AvgIpc) is 2.83. The van der Waals surface area contributed by atoms with Crippen LogP contribution in [0.1, 0.15) is 28.6 Å². The van der Waals surface area contributed by atoms with Crippen LogP contribution in [-0.4, -0.2) is 26.3 Å². The molecule has 5 heteroatoms. The first-order valence-corrected chi connectivity index (χ1v) is 6.14. The minimum Gasteiger partial charge on any atom is -0.465 e. The van der Waals surface area contributed by atoms with Crippen LogP contribution in [0.15, 0.2) is 17.0 Å². The number of nitrogens with one attached hydrogen (secondary N) is 2. The SMILES string of the molecule is CC/C(C=N)=C(/NC)c1csc(C(=O)OC)c1. The van der Waals surface area contributed by atoms with Crippen LogP contribution >= 0.6 is 11.3 Å². The van der Waals surface area contributed by atoms with Crippen LogP contribution in [0.4, 0.5) is 0 Å². The molecule has 0 unspecified atom stereocenters. The molecular formula is C12H16N2O2S. The summed E-state index contributed by atoms with van der Waals surface area (Å²) >= 11 is 1.34. The fourth-order valence-electron chi connectivity index (χ4n) is 1.52. The molecule has 0 atom stereocenters. The summed E-state index contributed by atoms with van der Waals surface area (Å²) in [4.78, 5) is 11.9. The second kappa shape index (κ2) is 6.20. The van der Waals surface area contributed by atoms with E-state index in [0.717, 1.165) is 23.3 Å². The first-order chi connectivity index (χ1) is 8.17. The van der Waals surface area contributed by atoms with Gasteiger partial charge in [-0.05, 0) is 18.1 Å². The number of thiophene rings is 1. The summed E-state index contributed by atoms with van der Waals surface area (Å²) in [6, 6.07) is 1.78. The molecule has 17 heavy (non-hydrogen) atoms. The van der Waals surface area contributed by atoms with E-state index in [-0.39, 0.29) is 5.97 Å². The average molecular weight is 252 g/mol. The Morgan fingerprint density at radius 2 is 2.35 bits per heavy atom. The number of carbonyl (C=O) groups excluding carboxylic acids is 1. The van der Waals surface area contributed by atoms with Gasteiger partial charge in [-0.2, -0.15) is 0 Å². The van der Waals surface area contributed by atoms with Crippen LogP contribution in [0.5, 0.6) is 0 Å². The Balaban J connectivity index is 3.14. The van der Waals surface area contributed by atoms with Gasteiger partial charge < -0.3 is 15.5 Å². The highest BCUT2D eigenvalue weighted by Gasteiger charge is 2.12. The van der Waals surface area contributed by atoms with Gasteiger partial charge in [-0.3, -0.25) is 0 Å². The molecule has 92 valence electrons. The lowest BCUT2D eigenvalue weighted by Gasteiger charge is -2.08. The maximum absolute atomic E-state index is 11.4. The highest BCUT2D eigenvalue weighted by atomic mass is 32.1. The van der Waals surface area contributed by atoms with Crippen molar-refractivity contribution in [3.63, 3.8) is 0 Å². The molecule has 0 bridgehead atoms. The van der Waals surface area contributed by atoms with Gasteiger partial charge in [0.1, 0.15) is 4.88 Å². The largest absolute Gasteiger partial charge is 0.465 e. The Bertz CT molecular complexity index is 449. The van der Waals surface area contributed by atoms with Gasteiger partial charge in [-0.15, -0.1) is 11.3 Å². The van der Waals surface area contributed by atoms with Crippen molar-refractivity contribution in [2.24, 2.45) is 0 Å². The Kier molecular flexibility index (Phi) is 4.90. The molecule has 4 nitrogen and oxygen atoms in total. The Hall–Kier alpha value is -1.62. The molecule has 0 spiro atoms. The highest BCUT2D eigenvalue weighted by Crippen LogP contribution is 2.23. The van der Waals surface area contributed by atoms with Crippen molar-refractivity contribution in [3.05, 3.63) is 27.5 Å². The van der Waals surface area contributed by atoms with Crippen LogP contribution in [0.25, 0.3) is 5.70 Å². The van der Waals surface area contributed by atoms with Gasteiger partial charge >= 0.3 is 5.97 Å². The fraction of sp³-hybridized carbons (Fsp3) is 0.333. The molecule has 1 rings (SSSR count). The molecule has 0 aliphatic carbocycles. The van der Waals surface area contributed by atoms with Crippen LogP contribution in [-0.2, 0) is 4.74 Å². The van der Waals surface area contributed by atoms with Crippen molar-refractivity contribution >= 4 is 29.2 Å². The minimum atomic E-state index is -0.329. The van der Waals surface area contributed by atoms with Gasteiger partial charge in [0.15, 0.2) is 0 Å². The van der Waals surface area contributed by atoms with Crippen LogP contribution in [0.2, 0.25) is 0 Å². The number of methoxy groups -OCH3 is 1. The van der Waals surface area contributed by atoms with Crippen LogP contribution in [0, 0.1) is 5.41 Å². The molecule has 1 aromatic rings. The quantitative estimate of drug-likeness (QED) is 0.625. The van der Waals surface area contributed by atoms with Crippen molar-refractivity contribution in [3.8, 4) is 0 Å². The molecular weight excluding hydrogens is 236 g/mol. The van der Waals surface area contributed by atoms with Gasteiger partial charge in [0.05, 0.1) is 7.11 Å². The smallest absolute Gasteiger partial charge is 0.348 e. The number of esters is 1. The zero-order chi connectivity index (χ0) is 12.8. The fourth-order valence-corrected chi connectivity index (χ4v) is 2.33. The van der Waals surface area contributed by atoms with E-state index in [9.17, 15) is 4.79 Å². The van der Waals surface area contributed by atoms with Gasteiger partial charge in [0.25, 0.3) is 0 Å². The molecule has 0 radical (unpaired) electrons. The monoisotopic (exact) mass is 252 g/mol. The molecule has 0 amide bonds. The Morgan fingerprint density at radius 1 is 1.65 bits per heavy atom. The predicted octanol–water partition coefficient (Wildman–Crippen LogP) is 2.52. The molecule has 0 aliphatic heterocycles. The molecule has 0 aromatic carbocycles. The molecule has 2 N–H and O–H groups in total.